The predicted octanol–water partition coefficient (Wildman–Crippen LogP) is 0.559. The Hall–Kier alpha value is -1.59. The number of carbonyl (C=O) groups is 1. The Morgan fingerprint density at radius 1 is 1.31 bits per heavy atom. The molecule has 0 radical (unpaired) electrons. The van der Waals surface area contributed by atoms with Gasteiger partial charge in [0.15, 0.2) is 6.29 Å². The van der Waals surface area contributed by atoms with Gasteiger partial charge in [-0.05, 0) is 12.1 Å². The first-order chi connectivity index (χ1) is 7.77. The molecule has 3 N–H and O–H groups in total. The van der Waals surface area contributed by atoms with E-state index in [1.165, 1.54) is 12.1 Å². The third-order valence-electron chi connectivity index (χ3n) is 1.89. The molecule has 1 aromatic rings. The van der Waals surface area contributed by atoms with Gasteiger partial charge in [0.05, 0.1) is 18.8 Å². The lowest BCUT2D eigenvalue weighted by atomic mass is 10.2. The molecule has 0 amide bonds. The molecule has 0 heterocycles. The van der Waals surface area contributed by atoms with E-state index < -0.39 is 0 Å². The lowest BCUT2D eigenvalue weighted by molar-refractivity contribution is 0.105. The Balaban J connectivity index is 2.37. The van der Waals surface area contributed by atoms with Crippen molar-refractivity contribution in [1.29, 1.82) is 0 Å². The molecule has 0 aliphatic heterocycles. The minimum atomic E-state index is -0.0876. The van der Waals surface area contributed by atoms with Gasteiger partial charge in [0.1, 0.15) is 18.1 Å². The summed E-state index contributed by atoms with van der Waals surface area (Å²) in [6.07, 6.45) is 0.587. The Bertz CT molecular complexity index is 341. The standard InChI is InChI=1S/C11H15NO4/c12-3-4-15-5-6-16-10-2-1-9(8-13)11(14)7-10/h1-2,7-8,14H,3-6,12H2. The van der Waals surface area contributed by atoms with Crippen LogP contribution in [0, 0.1) is 0 Å². The van der Waals surface area contributed by atoms with E-state index in [2.05, 4.69) is 0 Å². The number of carbonyl (C=O) groups excluding carboxylic acids is 1. The van der Waals surface area contributed by atoms with E-state index in [-0.39, 0.29) is 11.3 Å². The molecule has 0 fully saturated rings. The zero-order chi connectivity index (χ0) is 11.8. The van der Waals surface area contributed by atoms with Crippen LogP contribution < -0.4 is 10.5 Å². The van der Waals surface area contributed by atoms with Crippen molar-refractivity contribution in [2.75, 3.05) is 26.4 Å². The zero-order valence-corrected chi connectivity index (χ0v) is 8.89. The zero-order valence-electron chi connectivity index (χ0n) is 8.89. The molecule has 0 unspecified atom stereocenters. The van der Waals surface area contributed by atoms with Crippen molar-refractivity contribution in [3.63, 3.8) is 0 Å². The van der Waals surface area contributed by atoms with Crippen LogP contribution in [0.15, 0.2) is 18.2 Å². The fourth-order valence-electron chi connectivity index (χ4n) is 1.12. The molecule has 0 saturated carbocycles. The van der Waals surface area contributed by atoms with Crippen LogP contribution >= 0.6 is 0 Å². The van der Waals surface area contributed by atoms with Gasteiger partial charge in [-0.15, -0.1) is 0 Å². The predicted molar refractivity (Wildman–Crippen MR) is 58.9 cm³/mol. The Morgan fingerprint density at radius 2 is 2.12 bits per heavy atom. The Morgan fingerprint density at radius 3 is 2.75 bits per heavy atom. The summed E-state index contributed by atoms with van der Waals surface area (Å²) in [4.78, 5) is 10.4. The van der Waals surface area contributed by atoms with Gasteiger partial charge in [0.2, 0.25) is 0 Å². The van der Waals surface area contributed by atoms with Crippen LogP contribution in [0.2, 0.25) is 0 Å². The SMILES string of the molecule is NCCOCCOc1ccc(C=O)c(O)c1. The van der Waals surface area contributed by atoms with Gasteiger partial charge < -0.3 is 20.3 Å². The number of phenols is 1. The molecule has 0 bridgehead atoms. The molecule has 0 saturated heterocycles. The smallest absolute Gasteiger partial charge is 0.153 e. The highest BCUT2D eigenvalue weighted by Crippen LogP contribution is 2.21. The van der Waals surface area contributed by atoms with Crippen molar-refractivity contribution >= 4 is 6.29 Å². The van der Waals surface area contributed by atoms with Crippen molar-refractivity contribution in [3.8, 4) is 11.5 Å². The molecular formula is C11H15NO4. The highest BCUT2D eigenvalue weighted by molar-refractivity contribution is 5.79. The maximum Gasteiger partial charge on any atom is 0.153 e. The van der Waals surface area contributed by atoms with E-state index in [1.54, 1.807) is 6.07 Å². The van der Waals surface area contributed by atoms with Gasteiger partial charge in [-0.3, -0.25) is 4.79 Å². The monoisotopic (exact) mass is 225 g/mol. The number of aldehydes is 1. The average Bonchev–Trinajstić information content (AvgIpc) is 2.29. The molecule has 0 aromatic heterocycles. The molecule has 5 heteroatoms. The second-order valence-electron chi connectivity index (χ2n) is 3.09. The first kappa shape index (κ1) is 12.5. The normalized spacial score (nSPS) is 10.1. The topological polar surface area (TPSA) is 81.8 Å². The number of phenolic OH excluding ortho intramolecular Hbond substituents is 1. The van der Waals surface area contributed by atoms with Gasteiger partial charge in [-0.25, -0.2) is 0 Å². The van der Waals surface area contributed by atoms with Gasteiger partial charge in [0, 0.05) is 12.6 Å². The first-order valence-corrected chi connectivity index (χ1v) is 4.96. The molecule has 0 spiro atoms. The molecule has 0 aliphatic carbocycles. The van der Waals surface area contributed by atoms with Crippen LogP contribution in [0.4, 0.5) is 0 Å². The summed E-state index contributed by atoms with van der Waals surface area (Å²) >= 11 is 0. The van der Waals surface area contributed by atoms with Crippen LogP contribution in [0.3, 0.4) is 0 Å². The highest BCUT2D eigenvalue weighted by Gasteiger charge is 2.01. The van der Waals surface area contributed by atoms with E-state index in [1.807, 2.05) is 0 Å². The van der Waals surface area contributed by atoms with Gasteiger partial charge >= 0.3 is 0 Å². The summed E-state index contributed by atoms with van der Waals surface area (Å²) in [5, 5.41) is 9.37. The highest BCUT2D eigenvalue weighted by atomic mass is 16.5. The maximum absolute atomic E-state index is 10.4. The lowest BCUT2D eigenvalue weighted by Crippen LogP contribution is -2.13. The molecule has 1 aromatic carbocycles. The van der Waals surface area contributed by atoms with Crippen LogP contribution in [-0.2, 0) is 4.74 Å². The number of rotatable bonds is 7. The van der Waals surface area contributed by atoms with Crippen molar-refractivity contribution < 1.29 is 19.4 Å². The molecule has 1 rings (SSSR count). The number of hydrogen-bond donors (Lipinski definition) is 2. The summed E-state index contributed by atoms with van der Waals surface area (Å²) in [6.45, 7) is 1.79. The number of aromatic hydroxyl groups is 1. The molecule has 5 nitrogen and oxygen atoms in total. The number of nitrogens with two attached hydrogens (primary N) is 1. The van der Waals surface area contributed by atoms with Gasteiger partial charge in [-0.1, -0.05) is 0 Å². The van der Waals surface area contributed by atoms with Crippen molar-refractivity contribution in [1.82, 2.24) is 0 Å². The number of hydrogen-bond acceptors (Lipinski definition) is 5. The van der Waals surface area contributed by atoms with E-state index in [9.17, 15) is 9.90 Å². The Labute approximate surface area is 93.8 Å². The third kappa shape index (κ3) is 3.88. The van der Waals surface area contributed by atoms with Crippen molar-refractivity contribution in [2.24, 2.45) is 5.73 Å². The first-order valence-electron chi connectivity index (χ1n) is 4.96. The second-order valence-corrected chi connectivity index (χ2v) is 3.09. The fraction of sp³-hybridized carbons (Fsp3) is 0.364. The van der Waals surface area contributed by atoms with Gasteiger partial charge in [0.25, 0.3) is 0 Å². The molecular weight excluding hydrogens is 210 g/mol. The number of benzene rings is 1. The van der Waals surface area contributed by atoms with E-state index in [0.717, 1.165) is 0 Å². The van der Waals surface area contributed by atoms with Crippen LogP contribution in [0.5, 0.6) is 11.5 Å². The molecule has 16 heavy (non-hydrogen) atoms. The third-order valence-corrected chi connectivity index (χ3v) is 1.89. The van der Waals surface area contributed by atoms with E-state index >= 15 is 0 Å². The average molecular weight is 225 g/mol. The summed E-state index contributed by atoms with van der Waals surface area (Å²) in [7, 11) is 0. The number of ether oxygens (including phenoxy) is 2. The van der Waals surface area contributed by atoms with E-state index in [0.29, 0.717) is 38.4 Å². The fourth-order valence-corrected chi connectivity index (χ4v) is 1.12. The second kappa shape index (κ2) is 6.81. The minimum absolute atomic E-state index is 0.0876. The summed E-state index contributed by atoms with van der Waals surface area (Å²) in [5.41, 5.74) is 5.48. The summed E-state index contributed by atoms with van der Waals surface area (Å²) < 4.78 is 10.4. The van der Waals surface area contributed by atoms with Crippen molar-refractivity contribution in [2.45, 2.75) is 0 Å². The maximum atomic E-state index is 10.4. The van der Waals surface area contributed by atoms with Crippen molar-refractivity contribution in [3.05, 3.63) is 23.8 Å². The summed E-state index contributed by atoms with van der Waals surface area (Å²) in [5.74, 6) is 0.412. The Kier molecular flexibility index (Phi) is 5.31. The van der Waals surface area contributed by atoms with Crippen LogP contribution in [-0.4, -0.2) is 37.8 Å². The molecule has 0 atom stereocenters. The minimum Gasteiger partial charge on any atom is -0.507 e. The lowest BCUT2D eigenvalue weighted by Gasteiger charge is -2.07. The van der Waals surface area contributed by atoms with Crippen LogP contribution in [0.1, 0.15) is 10.4 Å². The van der Waals surface area contributed by atoms with E-state index in [4.69, 9.17) is 15.2 Å². The van der Waals surface area contributed by atoms with Gasteiger partial charge in [-0.2, -0.15) is 0 Å². The summed E-state index contributed by atoms with van der Waals surface area (Å²) in [6, 6.07) is 4.51. The quantitative estimate of drug-likeness (QED) is 0.523. The molecule has 88 valence electrons. The molecule has 0 aliphatic rings. The van der Waals surface area contributed by atoms with Crippen LogP contribution in [0.25, 0.3) is 0 Å². The largest absolute Gasteiger partial charge is 0.507 e.